The van der Waals surface area contributed by atoms with Gasteiger partial charge in [-0.05, 0) is 36.7 Å². The Morgan fingerprint density at radius 2 is 2.00 bits per heavy atom. The predicted octanol–water partition coefficient (Wildman–Crippen LogP) is 2.96. The largest absolute Gasteiger partial charge is 0.474 e. The molecule has 2 heterocycles. The van der Waals surface area contributed by atoms with Crippen LogP contribution in [-0.2, 0) is 11.8 Å². The second kappa shape index (κ2) is 6.25. The van der Waals surface area contributed by atoms with E-state index in [-0.39, 0.29) is 12.2 Å². The molecule has 0 N–H and O–H groups in total. The van der Waals surface area contributed by atoms with Crippen molar-refractivity contribution in [3.63, 3.8) is 0 Å². The quantitative estimate of drug-likeness (QED) is 0.814. The van der Waals surface area contributed by atoms with Crippen LogP contribution in [0.2, 0.25) is 0 Å². The monoisotopic (exact) mass is 359 g/mol. The van der Waals surface area contributed by atoms with E-state index < -0.39 is 5.60 Å². The van der Waals surface area contributed by atoms with Crippen molar-refractivity contribution in [3.8, 4) is 5.88 Å². The second-order valence-electron chi connectivity index (χ2n) is 6.21. The Hall–Kier alpha value is -1.24. The van der Waals surface area contributed by atoms with E-state index >= 15 is 0 Å². The van der Waals surface area contributed by atoms with E-state index in [0.717, 1.165) is 23.3 Å². The molecule has 1 aromatic heterocycles. The molecule has 0 aliphatic carbocycles. The maximum atomic E-state index is 12.0. The molecule has 118 valence electrons. The standard InChI is InChI=1S/C14H22BrN3O3/c1-14(2,3)21-13(19)18-7-5-10(6-8-18)20-12-9-11(15)16-17(12)4/h9-10H,5-8H2,1-4H3. The highest BCUT2D eigenvalue weighted by Gasteiger charge is 2.28. The lowest BCUT2D eigenvalue weighted by Gasteiger charge is -2.33. The van der Waals surface area contributed by atoms with Gasteiger partial charge >= 0.3 is 6.09 Å². The van der Waals surface area contributed by atoms with Crippen molar-refractivity contribution >= 4 is 22.0 Å². The third-order valence-electron chi connectivity index (χ3n) is 3.19. The number of carbonyl (C=O) groups is 1. The Morgan fingerprint density at radius 3 is 2.48 bits per heavy atom. The molecule has 0 saturated carbocycles. The van der Waals surface area contributed by atoms with E-state index in [1.165, 1.54) is 0 Å². The van der Waals surface area contributed by atoms with E-state index in [4.69, 9.17) is 9.47 Å². The summed E-state index contributed by atoms with van der Waals surface area (Å²) in [5.41, 5.74) is -0.453. The normalized spacial score (nSPS) is 16.9. The minimum Gasteiger partial charge on any atom is -0.474 e. The van der Waals surface area contributed by atoms with E-state index in [9.17, 15) is 4.79 Å². The van der Waals surface area contributed by atoms with Crippen LogP contribution in [0.5, 0.6) is 5.88 Å². The number of aromatic nitrogens is 2. The Morgan fingerprint density at radius 1 is 1.38 bits per heavy atom. The molecule has 1 fully saturated rings. The Labute approximate surface area is 133 Å². The van der Waals surface area contributed by atoms with Gasteiger partial charge in [-0.1, -0.05) is 0 Å². The van der Waals surface area contributed by atoms with Crippen molar-refractivity contribution in [2.45, 2.75) is 45.3 Å². The zero-order chi connectivity index (χ0) is 15.6. The lowest BCUT2D eigenvalue weighted by Crippen LogP contribution is -2.44. The molecule has 0 spiro atoms. The highest BCUT2D eigenvalue weighted by Crippen LogP contribution is 2.22. The van der Waals surface area contributed by atoms with Crippen LogP contribution in [-0.4, -0.2) is 45.6 Å². The number of rotatable bonds is 2. The first-order chi connectivity index (χ1) is 9.74. The molecule has 0 atom stereocenters. The number of likely N-dealkylation sites (tertiary alicyclic amines) is 1. The first-order valence-electron chi connectivity index (χ1n) is 7.09. The molecule has 0 aromatic carbocycles. The number of aryl methyl sites for hydroxylation is 1. The van der Waals surface area contributed by atoms with Crippen molar-refractivity contribution in [1.29, 1.82) is 0 Å². The van der Waals surface area contributed by atoms with Gasteiger partial charge in [-0.25, -0.2) is 9.48 Å². The first kappa shape index (κ1) is 16.1. The second-order valence-corrected chi connectivity index (χ2v) is 7.03. The minimum atomic E-state index is -0.453. The van der Waals surface area contributed by atoms with Crippen molar-refractivity contribution in [3.05, 3.63) is 10.7 Å². The van der Waals surface area contributed by atoms with E-state index in [2.05, 4.69) is 21.0 Å². The number of nitrogens with zero attached hydrogens (tertiary/aromatic N) is 3. The molecule has 1 saturated heterocycles. The minimum absolute atomic E-state index is 0.103. The van der Waals surface area contributed by atoms with Gasteiger partial charge in [0, 0.05) is 39.0 Å². The van der Waals surface area contributed by atoms with Crippen molar-refractivity contribution in [2.24, 2.45) is 7.05 Å². The summed E-state index contributed by atoms with van der Waals surface area (Å²) in [4.78, 5) is 13.7. The highest BCUT2D eigenvalue weighted by molar-refractivity contribution is 9.10. The number of amides is 1. The first-order valence-corrected chi connectivity index (χ1v) is 7.88. The molecule has 6 nitrogen and oxygen atoms in total. The topological polar surface area (TPSA) is 56.6 Å². The van der Waals surface area contributed by atoms with Crippen LogP contribution >= 0.6 is 15.9 Å². The summed E-state index contributed by atoms with van der Waals surface area (Å²) < 4.78 is 13.8. The Kier molecular flexibility index (Phi) is 4.81. The van der Waals surface area contributed by atoms with E-state index in [1.54, 1.807) is 9.58 Å². The summed E-state index contributed by atoms with van der Waals surface area (Å²) in [6.45, 7) is 6.93. The average Bonchev–Trinajstić information content (AvgIpc) is 2.66. The molecule has 21 heavy (non-hydrogen) atoms. The Bertz CT molecular complexity index is 502. The molecule has 1 aromatic rings. The summed E-state index contributed by atoms with van der Waals surface area (Å²) in [5.74, 6) is 0.734. The van der Waals surface area contributed by atoms with Gasteiger partial charge in [0.15, 0.2) is 0 Å². The summed E-state index contributed by atoms with van der Waals surface area (Å²) in [6, 6.07) is 1.85. The molecular formula is C14H22BrN3O3. The fourth-order valence-electron chi connectivity index (χ4n) is 2.18. The molecule has 0 bridgehead atoms. The molecule has 7 heteroatoms. The van der Waals surface area contributed by atoms with Gasteiger partial charge in [0.25, 0.3) is 0 Å². The fraction of sp³-hybridized carbons (Fsp3) is 0.714. The highest BCUT2D eigenvalue weighted by atomic mass is 79.9. The number of halogens is 1. The van der Waals surface area contributed by atoms with Crippen LogP contribution in [0.15, 0.2) is 10.7 Å². The number of hydrogen-bond acceptors (Lipinski definition) is 4. The zero-order valence-electron chi connectivity index (χ0n) is 12.9. The van der Waals surface area contributed by atoms with E-state index in [0.29, 0.717) is 13.1 Å². The van der Waals surface area contributed by atoms with Crippen molar-refractivity contribution in [1.82, 2.24) is 14.7 Å². The number of carbonyl (C=O) groups excluding carboxylic acids is 1. The molecular weight excluding hydrogens is 338 g/mol. The van der Waals surface area contributed by atoms with Crippen molar-refractivity contribution in [2.75, 3.05) is 13.1 Å². The summed E-state index contributed by atoms with van der Waals surface area (Å²) in [6.07, 6.45) is 1.44. The molecule has 1 aliphatic heterocycles. The lowest BCUT2D eigenvalue weighted by atomic mass is 10.1. The van der Waals surface area contributed by atoms with Crippen LogP contribution in [0.1, 0.15) is 33.6 Å². The SMILES string of the molecule is Cn1nc(Br)cc1OC1CCN(C(=O)OC(C)(C)C)CC1. The fourth-order valence-corrected chi connectivity index (χ4v) is 2.61. The molecule has 1 amide bonds. The third-order valence-corrected chi connectivity index (χ3v) is 3.58. The third kappa shape index (κ3) is 4.62. The van der Waals surface area contributed by atoms with Crippen LogP contribution in [0.25, 0.3) is 0 Å². The van der Waals surface area contributed by atoms with Crippen LogP contribution in [0.4, 0.5) is 4.79 Å². The van der Waals surface area contributed by atoms with Gasteiger partial charge in [0.1, 0.15) is 16.3 Å². The molecule has 2 rings (SSSR count). The number of piperidine rings is 1. The molecule has 0 radical (unpaired) electrons. The summed E-state index contributed by atoms with van der Waals surface area (Å²) >= 11 is 3.32. The van der Waals surface area contributed by atoms with Crippen LogP contribution < -0.4 is 4.74 Å². The zero-order valence-corrected chi connectivity index (χ0v) is 14.5. The van der Waals surface area contributed by atoms with Gasteiger partial charge in [0.2, 0.25) is 5.88 Å². The Balaban J connectivity index is 1.83. The summed E-state index contributed by atoms with van der Waals surface area (Å²) in [7, 11) is 1.84. The van der Waals surface area contributed by atoms with Crippen LogP contribution in [0, 0.1) is 0 Å². The summed E-state index contributed by atoms with van der Waals surface area (Å²) in [5, 5.41) is 4.18. The average molecular weight is 360 g/mol. The smallest absolute Gasteiger partial charge is 0.410 e. The predicted molar refractivity (Wildman–Crippen MR) is 82.4 cm³/mol. The van der Waals surface area contributed by atoms with Gasteiger partial charge in [-0.15, -0.1) is 0 Å². The number of ether oxygens (including phenoxy) is 2. The van der Waals surface area contributed by atoms with Crippen LogP contribution in [0.3, 0.4) is 0 Å². The maximum absolute atomic E-state index is 12.0. The van der Waals surface area contributed by atoms with Gasteiger partial charge in [-0.2, -0.15) is 5.10 Å². The molecule has 0 unspecified atom stereocenters. The van der Waals surface area contributed by atoms with Gasteiger partial charge in [0.05, 0.1) is 0 Å². The van der Waals surface area contributed by atoms with Gasteiger partial charge in [-0.3, -0.25) is 0 Å². The van der Waals surface area contributed by atoms with Gasteiger partial charge < -0.3 is 14.4 Å². The van der Waals surface area contributed by atoms with E-state index in [1.807, 2.05) is 33.9 Å². The van der Waals surface area contributed by atoms with Crippen molar-refractivity contribution < 1.29 is 14.3 Å². The lowest BCUT2D eigenvalue weighted by molar-refractivity contribution is 0.0119. The number of hydrogen-bond donors (Lipinski definition) is 0. The molecule has 1 aliphatic rings. The maximum Gasteiger partial charge on any atom is 0.410 e.